The number of morpholine rings is 1. The Morgan fingerprint density at radius 2 is 2.17 bits per heavy atom. The molecule has 0 aromatic carbocycles. The number of furan rings is 1. The maximum absolute atomic E-state index is 5.25. The monoisotopic (exact) mass is 167 g/mol. The van der Waals surface area contributed by atoms with Crippen LogP contribution in [0.25, 0.3) is 0 Å². The van der Waals surface area contributed by atoms with Gasteiger partial charge in [-0.05, 0) is 12.1 Å². The molecule has 0 atom stereocenters. The van der Waals surface area contributed by atoms with E-state index in [4.69, 9.17) is 9.15 Å². The first-order valence-electron chi connectivity index (χ1n) is 4.27. The molecular formula is C9H13NO2. The van der Waals surface area contributed by atoms with Crippen molar-refractivity contribution in [2.24, 2.45) is 0 Å². The summed E-state index contributed by atoms with van der Waals surface area (Å²) < 4.78 is 10.5. The second kappa shape index (κ2) is 3.74. The Bertz CT molecular complexity index is 214. The molecule has 12 heavy (non-hydrogen) atoms. The van der Waals surface area contributed by atoms with Gasteiger partial charge in [0.15, 0.2) is 0 Å². The third-order valence-corrected chi connectivity index (χ3v) is 2.06. The number of hydrogen-bond donors (Lipinski definition) is 0. The molecule has 1 aliphatic heterocycles. The SMILES string of the molecule is c1coc(CN2CCOCC2)c1. The van der Waals surface area contributed by atoms with Crippen molar-refractivity contribution < 1.29 is 9.15 Å². The Balaban J connectivity index is 1.86. The molecule has 0 saturated carbocycles. The van der Waals surface area contributed by atoms with Crippen LogP contribution in [0.4, 0.5) is 0 Å². The minimum absolute atomic E-state index is 0.848. The minimum atomic E-state index is 0.848. The van der Waals surface area contributed by atoms with Crippen LogP contribution in [0.5, 0.6) is 0 Å². The predicted molar refractivity (Wildman–Crippen MR) is 44.8 cm³/mol. The Hall–Kier alpha value is -0.800. The minimum Gasteiger partial charge on any atom is -0.468 e. The van der Waals surface area contributed by atoms with Crippen LogP contribution in [0.2, 0.25) is 0 Å². The van der Waals surface area contributed by atoms with Crippen molar-refractivity contribution >= 4 is 0 Å². The highest BCUT2D eigenvalue weighted by atomic mass is 16.5. The molecule has 1 aromatic heterocycles. The van der Waals surface area contributed by atoms with Gasteiger partial charge in [0, 0.05) is 13.1 Å². The van der Waals surface area contributed by atoms with Crippen LogP contribution >= 0.6 is 0 Å². The van der Waals surface area contributed by atoms with Gasteiger partial charge in [0.2, 0.25) is 0 Å². The molecule has 2 rings (SSSR count). The van der Waals surface area contributed by atoms with Crippen molar-refractivity contribution in [1.82, 2.24) is 4.90 Å². The average Bonchev–Trinajstić information content (AvgIpc) is 2.59. The van der Waals surface area contributed by atoms with Gasteiger partial charge in [0.1, 0.15) is 5.76 Å². The normalized spacial score (nSPS) is 19.7. The lowest BCUT2D eigenvalue weighted by molar-refractivity contribution is 0.0313. The van der Waals surface area contributed by atoms with Crippen LogP contribution in [-0.4, -0.2) is 31.2 Å². The van der Waals surface area contributed by atoms with E-state index in [1.54, 1.807) is 6.26 Å². The van der Waals surface area contributed by atoms with E-state index in [9.17, 15) is 0 Å². The second-order valence-corrected chi connectivity index (χ2v) is 2.97. The summed E-state index contributed by atoms with van der Waals surface area (Å²) in [6.07, 6.45) is 1.72. The van der Waals surface area contributed by atoms with Gasteiger partial charge < -0.3 is 9.15 Å². The van der Waals surface area contributed by atoms with Crippen LogP contribution < -0.4 is 0 Å². The van der Waals surface area contributed by atoms with Crippen molar-refractivity contribution in [1.29, 1.82) is 0 Å². The lowest BCUT2D eigenvalue weighted by atomic mass is 10.3. The summed E-state index contributed by atoms with van der Waals surface area (Å²) in [5.74, 6) is 1.04. The standard InChI is InChI=1S/C9H13NO2/c1-2-9(12-5-1)8-10-3-6-11-7-4-10/h1-2,5H,3-4,6-8H2. The fourth-order valence-electron chi connectivity index (χ4n) is 1.38. The molecule has 0 radical (unpaired) electrons. The molecule has 0 bridgehead atoms. The Kier molecular flexibility index (Phi) is 2.44. The van der Waals surface area contributed by atoms with Crippen molar-refractivity contribution in [2.45, 2.75) is 6.54 Å². The van der Waals surface area contributed by atoms with Gasteiger partial charge in [0.25, 0.3) is 0 Å². The third-order valence-electron chi connectivity index (χ3n) is 2.06. The fourth-order valence-corrected chi connectivity index (χ4v) is 1.38. The van der Waals surface area contributed by atoms with Gasteiger partial charge in [-0.2, -0.15) is 0 Å². The van der Waals surface area contributed by atoms with Gasteiger partial charge in [-0.15, -0.1) is 0 Å². The smallest absolute Gasteiger partial charge is 0.117 e. The van der Waals surface area contributed by atoms with Crippen molar-refractivity contribution in [3.8, 4) is 0 Å². The van der Waals surface area contributed by atoms with Crippen molar-refractivity contribution in [2.75, 3.05) is 26.3 Å². The number of rotatable bonds is 2. The quantitative estimate of drug-likeness (QED) is 0.660. The second-order valence-electron chi connectivity index (χ2n) is 2.97. The lowest BCUT2D eigenvalue weighted by Crippen LogP contribution is -2.35. The molecule has 1 saturated heterocycles. The van der Waals surface area contributed by atoms with Gasteiger partial charge in [-0.1, -0.05) is 0 Å². The van der Waals surface area contributed by atoms with Gasteiger partial charge in [0.05, 0.1) is 26.0 Å². The molecule has 0 spiro atoms. The Morgan fingerprint density at radius 1 is 1.33 bits per heavy atom. The predicted octanol–water partition coefficient (Wildman–Crippen LogP) is 1.11. The van der Waals surface area contributed by atoms with E-state index < -0.39 is 0 Å². The first-order chi connectivity index (χ1) is 5.95. The molecule has 0 N–H and O–H groups in total. The van der Waals surface area contributed by atoms with E-state index in [1.165, 1.54) is 0 Å². The first kappa shape index (κ1) is 7.83. The van der Waals surface area contributed by atoms with Crippen molar-refractivity contribution in [3.63, 3.8) is 0 Å². The van der Waals surface area contributed by atoms with Crippen LogP contribution in [0, 0.1) is 0 Å². The lowest BCUT2D eigenvalue weighted by Gasteiger charge is -2.25. The topological polar surface area (TPSA) is 25.6 Å². The molecule has 3 nitrogen and oxygen atoms in total. The highest BCUT2D eigenvalue weighted by Crippen LogP contribution is 2.06. The van der Waals surface area contributed by atoms with Crippen LogP contribution in [0.15, 0.2) is 22.8 Å². The summed E-state index contributed by atoms with van der Waals surface area (Å²) in [7, 11) is 0. The molecule has 66 valence electrons. The van der Waals surface area contributed by atoms with Crippen LogP contribution in [0.1, 0.15) is 5.76 Å². The van der Waals surface area contributed by atoms with E-state index in [2.05, 4.69) is 4.90 Å². The molecule has 3 heteroatoms. The summed E-state index contributed by atoms with van der Waals surface area (Å²) in [5, 5.41) is 0. The zero-order chi connectivity index (χ0) is 8.23. The largest absolute Gasteiger partial charge is 0.468 e. The summed E-state index contributed by atoms with van der Waals surface area (Å²) >= 11 is 0. The maximum Gasteiger partial charge on any atom is 0.117 e. The summed E-state index contributed by atoms with van der Waals surface area (Å²) in [6.45, 7) is 4.64. The summed E-state index contributed by atoms with van der Waals surface area (Å²) in [5.41, 5.74) is 0. The molecule has 0 amide bonds. The molecule has 1 fully saturated rings. The van der Waals surface area contributed by atoms with Gasteiger partial charge >= 0.3 is 0 Å². The third kappa shape index (κ3) is 1.87. The number of nitrogens with zero attached hydrogens (tertiary/aromatic N) is 1. The average molecular weight is 167 g/mol. The molecular weight excluding hydrogens is 154 g/mol. The maximum atomic E-state index is 5.25. The van der Waals surface area contributed by atoms with E-state index in [1.807, 2.05) is 12.1 Å². The van der Waals surface area contributed by atoms with Gasteiger partial charge in [-0.25, -0.2) is 0 Å². The molecule has 2 heterocycles. The molecule has 0 unspecified atom stereocenters. The van der Waals surface area contributed by atoms with Gasteiger partial charge in [-0.3, -0.25) is 4.90 Å². The fraction of sp³-hybridized carbons (Fsp3) is 0.556. The van der Waals surface area contributed by atoms with Crippen LogP contribution in [-0.2, 0) is 11.3 Å². The van der Waals surface area contributed by atoms with E-state index >= 15 is 0 Å². The Morgan fingerprint density at radius 3 is 2.83 bits per heavy atom. The highest BCUT2D eigenvalue weighted by molar-refractivity contribution is 4.97. The van der Waals surface area contributed by atoms with Crippen LogP contribution in [0.3, 0.4) is 0 Å². The summed E-state index contributed by atoms with van der Waals surface area (Å²) in [4.78, 5) is 2.34. The van der Waals surface area contributed by atoms with E-state index in [0.29, 0.717) is 0 Å². The number of ether oxygens (including phenoxy) is 1. The van der Waals surface area contributed by atoms with E-state index in [-0.39, 0.29) is 0 Å². The zero-order valence-electron chi connectivity index (χ0n) is 7.03. The zero-order valence-corrected chi connectivity index (χ0v) is 7.03. The highest BCUT2D eigenvalue weighted by Gasteiger charge is 2.11. The molecule has 1 aromatic rings. The number of hydrogen-bond acceptors (Lipinski definition) is 3. The first-order valence-corrected chi connectivity index (χ1v) is 4.27. The van der Waals surface area contributed by atoms with Crippen molar-refractivity contribution in [3.05, 3.63) is 24.2 Å². The van der Waals surface area contributed by atoms with E-state index in [0.717, 1.165) is 38.6 Å². The molecule has 0 aliphatic carbocycles. The summed E-state index contributed by atoms with van der Waals surface area (Å²) in [6, 6.07) is 3.94. The Labute approximate surface area is 71.9 Å². The molecule has 1 aliphatic rings.